The summed E-state index contributed by atoms with van der Waals surface area (Å²) in [5, 5.41) is 0.948. The van der Waals surface area contributed by atoms with Crippen LogP contribution in [0.5, 0.6) is 0 Å². The van der Waals surface area contributed by atoms with Gasteiger partial charge in [0.15, 0.2) is 0 Å². The molecule has 1 radical (unpaired) electrons. The van der Waals surface area contributed by atoms with Crippen LogP contribution in [-0.2, 0) is 4.43 Å². The minimum atomic E-state index is -0.866. The lowest BCUT2D eigenvalue weighted by atomic mass is 10.0. The minimum absolute atomic E-state index is 0.0910. The smallest absolute Gasteiger partial charge is 0.278 e. The first-order chi connectivity index (χ1) is 11.7. The maximum Gasteiger partial charge on any atom is 0.278 e. The molecule has 0 heterocycles. The maximum absolute atomic E-state index is 12.4. The van der Waals surface area contributed by atoms with Crippen molar-refractivity contribution >= 4 is 26.7 Å². The summed E-state index contributed by atoms with van der Waals surface area (Å²) in [5.41, 5.74) is 1.03. The van der Waals surface area contributed by atoms with E-state index in [2.05, 4.69) is 27.3 Å². The number of hydrogen-bond acceptors (Lipinski definition) is 3. The molecule has 0 N–H and O–H groups in total. The van der Waals surface area contributed by atoms with E-state index in [4.69, 9.17) is 4.43 Å². The van der Waals surface area contributed by atoms with Gasteiger partial charge in [0, 0.05) is 23.5 Å². The summed E-state index contributed by atoms with van der Waals surface area (Å²) in [5.74, 6) is 0.0910. The lowest BCUT2D eigenvalue weighted by Gasteiger charge is -2.23. The van der Waals surface area contributed by atoms with E-state index < -0.39 is 9.04 Å². The highest BCUT2D eigenvalue weighted by molar-refractivity contribution is 8.03. The molecule has 1 rings (SSSR count). The largest absolute Gasteiger partial charge is 0.538 e. The van der Waals surface area contributed by atoms with Gasteiger partial charge in [-0.2, -0.15) is 0 Å². The number of benzene rings is 1. The molecule has 0 atom stereocenters. The van der Waals surface area contributed by atoms with E-state index >= 15 is 0 Å². The molecule has 0 aromatic heterocycles. The zero-order valence-corrected chi connectivity index (χ0v) is 18.5. The molecule has 0 fully saturated rings. The Balaban J connectivity index is 2.71. The normalized spacial score (nSPS) is 12.4. The van der Waals surface area contributed by atoms with Crippen molar-refractivity contribution in [1.82, 2.24) is 4.90 Å². The second kappa shape index (κ2) is 10.1. The van der Waals surface area contributed by atoms with Crippen molar-refractivity contribution in [3.63, 3.8) is 0 Å². The van der Waals surface area contributed by atoms with Crippen molar-refractivity contribution in [1.29, 1.82) is 0 Å². The fourth-order valence-corrected chi connectivity index (χ4v) is 5.81. The molecule has 0 spiro atoms. The van der Waals surface area contributed by atoms with Gasteiger partial charge in [0.25, 0.3) is 14.9 Å². The van der Waals surface area contributed by atoms with Crippen LogP contribution in [0.3, 0.4) is 0 Å². The van der Waals surface area contributed by atoms with E-state index in [1.54, 1.807) is 11.8 Å². The van der Waals surface area contributed by atoms with Gasteiger partial charge >= 0.3 is 0 Å². The van der Waals surface area contributed by atoms with Gasteiger partial charge in [-0.15, -0.1) is 0 Å². The molecule has 1 aromatic rings. The summed E-state index contributed by atoms with van der Waals surface area (Å²) < 4.78 is 6.18. The van der Waals surface area contributed by atoms with Crippen LogP contribution >= 0.6 is 11.8 Å². The Hall–Kier alpha value is -1.20. The molecule has 5 heteroatoms. The van der Waals surface area contributed by atoms with Crippen molar-refractivity contribution in [3.8, 4) is 0 Å². The lowest BCUT2D eigenvalue weighted by Crippen LogP contribution is -2.30. The number of rotatable bonds is 8. The van der Waals surface area contributed by atoms with Crippen molar-refractivity contribution in [2.45, 2.75) is 59.0 Å². The first-order valence-corrected chi connectivity index (χ1v) is 11.9. The van der Waals surface area contributed by atoms with Crippen LogP contribution < -0.4 is 0 Å². The molecule has 0 aliphatic carbocycles. The first kappa shape index (κ1) is 21.8. The molecule has 1 aromatic carbocycles. The highest BCUT2D eigenvalue weighted by atomic mass is 32.2. The summed E-state index contributed by atoms with van der Waals surface area (Å²) in [4.78, 5) is 15.3. The van der Waals surface area contributed by atoms with Crippen LogP contribution in [0.25, 0.3) is 0 Å². The van der Waals surface area contributed by atoms with Gasteiger partial charge in [0.05, 0.1) is 0 Å². The maximum atomic E-state index is 12.4. The highest BCUT2D eigenvalue weighted by Gasteiger charge is 2.20. The second-order valence-corrected chi connectivity index (χ2v) is 10.3. The second-order valence-electron chi connectivity index (χ2n) is 7.25. The molecule has 0 saturated carbocycles. The molecule has 0 unspecified atom stereocenters. The number of carbonyl (C=O) groups is 1. The monoisotopic (exact) mass is 378 g/mol. The van der Waals surface area contributed by atoms with E-state index in [0.29, 0.717) is 5.41 Å². The van der Waals surface area contributed by atoms with E-state index in [9.17, 15) is 4.79 Å². The van der Waals surface area contributed by atoms with Gasteiger partial charge in [-0.3, -0.25) is 4.79 Å². The number of nitrogens with zero attached hydrogens (tertiary/aromatic N) is 1. The standard InChI is InChI=1S/C20H32NO2SSi/c1-8-18(23-25(7)15-20(4,5)6)24-17-13-11-16(12-14-17)19(22)21(9-2)10-3/h8,11-14H,9-10,15H2,1-7H3/b18-8+. The topological polar surface area (TPSA) is 29.5 Å². The average Bonchev–Trinajstić information content (AvgIpc) is 2.54. The third kappa shape index (κ3) is 7.69. The van der Waals surface area contributed by atoms with E-state index in [-0.39, 0.29) is 5.91 Å². The molecular formula is C20H32NO2SSi. The van der Waals surface area contributed by atoms with E-state index in [1.165, 1.54) is 0 Å². The van der Waals surface area contributed by atoms with Crippen molar-refractivity contribution in [2.75, 3.05) is 13.1 Å². The number of thioether (sulfide) groups is 1. The van der Waals surface area contributed by atoms with Gasteiger partial charge in [-0.05, 0) is 69.1 Å². The Kier molecular flexibility index (Phi) is 8.80. The van der Waals surface area contributed by atoms with Crippen LogP contribution in [0.1, 0.15) is 51.9 Å². The predicted molar refractivity (Wildman–Crippen MR) is 110 cm³/mol. The predicted octanol–water partition coefficient (Wildman–Crippen LogP) is 5.81. The Labute approximate surface area is 159 Å². The van der Waals surface area contributed by atoms with Gasteiger partial charge in [-0.25, -0.2) is 0 Å². The van der Waals surface area contributed by atoms with Crippen molar-refractivity contribution in [2.24, 2.45) is 5.41 Å². The van der Waals surface area contributed by atoms with Crippen LogP contribution in [0.15, 0.2) is 40.3 Å². The Morgan fingerprint density at radius 2 is 1.76 bits per heavy atom. The molecule has 1 amide bonds. The Morgan fingerprint density at radius 3 is 2.20 bits per heavy atom. The molecule has 3 nitrogen and oxygen atoms in total. The van der Waals surface area contributed by atoms with Gasteiger partial charge < -0.3 is 9.33 Å². The van der Waals surface area contributed by atoms with Crippen LogP contribution in [-0.4, -0.2) is 32.9 Å². The third-order valence-electron chi connectivity index (χ3n) is 3.66. The third-order valence-corrected chi connectivity index (χ3v) is 6.96. The number of hydrogen-bond donors (Lipinski definition) is 0. The van der Waals surface area contributed by atoms with Gasteiger partial charge in [-0.1, -0.05) is 32.5 Å². The van der Waals surface area contributed by atoms with Crippen molar-refractivity contribution in [3.05, 3.63) is 41.0 Å². The molecule has 0 bridgehead atoms. The van der Waals surface area contributed by atoms with Crippen LogP contribution in [0.4, 0.5) is 0 Å². The number of allylic oxidation sites excluding steroid dienone is 1. The SMILES string of the molecule is C/C=C(\O[Si](C)CC(C)(C)C)Sc1ccc(C(=O)N(CC)CC)cc1. The Bertz CT molecular complexity index is 574. The molecular weight excluding hydrogens is 346 g/mol. The minimum Gasteiger partial charge on any atom is -0.538 e. The number of amides is 1. The lowest BCUT2D eigenvalue weighted by molar-refractivity contribution is 0.0773. The highest BCUT2D eigenvalue weighted by Crippen LogP contribution is 2.30. The zero-order valence-electron chi connectivity index (χ0n) is 16.7. The quantitative estimate of drug-likeness (QED) is 0.325. The van der Waals surface area contributed by atoms with E-state index in [0.717, 1.165) is 34.7 Å². The summed E-state index contributed by atoms with van der Waals surface area (Å²) in [6.45, 7) is 16.4. The fourth-order valence-electron chi connectivity index (χ4n) is 2.57. The summed E-state index contributed by atoms with van der Waals surface area (Å²) in [7, 11) is -0.866. The van der Waals surface area contributed by atoms with Gasteiger partial charge in [0.1, 0.15) is 5.09 Å². The first-order valence-electron chi connectivity index (χ1n) is 8.94. The summed E-state index contributed by atoms with van der Waals surface area (Å²) in [6.07, 6.45) is 2.02. The molecule has 0 aliphatic rings. The van der Waals surface area contributed by atoms with Gasteiger partial charge in [0.2, 0.25) is 0 Å². The van der Waals surface area contributed by atoms with Crippen LogP contribution in [0, 0.1) is 5.41 Å². The number of carbonyl (C=O) groups excluding carboxylic acids is 1. The molecule has 139 valence electrons. The summed E-state index contributed by atoms with van der Waals surface area (Å²) >= 11 is 1.62. The van der Waals surface area contributed by atoms with Crippen LogP contribution in [0.2, 0.25) is 12.6 Å². The molecule has 25 heavy (non-hydrogen) atoms. The zero-order chi connectivity index (χ0) is 19.0. The fraction of sp³-hybridized carbons (Fsp3) is 0.550. The average molecular weight is 379 g/mol. The summed E-state index contributed by atoms with van der Waals surface area (Å²) in [6, 6.07) is 8.92. The van der Waals surface area contributed by atoms with E-state index in [1.807, 2.05) is 56.0 Å². The Morgan fingerprint density at radius 1 is 1.20 bits per heavy atom. The molecule has 0 saturated heterocycles. The molecule has 0 aliphatic heterocycles. The van der Waals surface area contributed by atoms with Crippen molar-refractivity contribution < 1.29 is 9.22 Å².